The summed E-state index contributed by atoms with van der Waals surface area (Å²) in [6.45, 7) is 4.71. The summed E-state index contributed by atoms with van der Waals surface area (Å²) < 4.78 is 15.2. The third-order valence-corrected chi connectivity index (χ3v) is 2.48. The summed E-state index contributed by atoms with van der Waals surface area (Å²) in [6.07, 6.45) is 2.56. The number of aromatic hydroxyl groups is 1. The van der Waals surface area contributed by atoms with Crippen molar-refractivity contribution in [3.05, 3.63) is 23.8 Å². The lowest BCUT2D eigenvalue weighted by atomic mass is 10.1. The average Bonchev–Trinajstić information content (AvgIpc) is 2.43. The Morgan fingerprint density at radius 2 is 1.91 bits per heavy atom. The topological polar surface area (TPSA) is 82.1 Å². The van der Waals surface area contributed by atoms with Crippen molar-refractivity contribution in [2.24, 2.45) is 0 Å². The van der Waals surface area contributed by atoms with Crippen LogP contribution in [0.15, 0.2) is 18.2 Å². The highest BCUT2D eigenvalue weighted by molar-refractivity contribution is 5.87. The summed E-state index contributed by atoms with van der Waals surface area (Å²) in [6, 6.07) is 3.04. The third-order valence-electron chi connectivity index (χ3n) is 2.48. The van der Waals surface area contributed by atoms with Crippen LogP contribution in [0.5, 0.6) is 17.2 Å². The largest absolute Gasteiger partial charge is 0.502 e. The van der Waals surface area contributed by atoms with Gasteiger partial charge in [-0.2, -0.15) is 0 Å². The zero-order valence-electron chi connectivity index (χ0n) is 13.1. The Hall–Kier alpha value is -2.50. The van der Waals surface area contributed by atoms with Crippen molar-refractivity contribution >= 4 is 17.8 Å². The maximum atomic E-state index is 11.5. The highest BCUT2D eigenvalue weighted by Gasteiger charge is 2.12. The molecule has 1 rings (SSSR count). The van der Waals surface area contributed by atoms with E-state index in [-0.39, 0.29) is 35.7 Å². The standard InChI is InChI=1S/C16H20O6/c1-10(2)22-15(18)6-5-12-7-13(20-4)16(19)14(8-12)21-9-11(3)17/h5-8,10,19H,9H2,1-4H3/b6-5+. The van der Waals surface area contributed by atoms with Crippen LogP contribution in [0, 0.1) is 0 Å². The number of ether oxygens (including phenoxy) is 3. The van der Waals surface area contributed by atoms with Crippen LogP contribution in [0.1, 0.15) is 26.3 Å². The number of Topliss-reactive ketones (excluding diaryl/α,β-unsaturated/α-hetero) is 1. The molecule has 0 spiro atoms. The smallest absolute Gasteiger partial charge is 0.331 e. The second kappa shape index (κ2) is 8.07. The molecule has 1 aromatic rings. The van der Waals surface area contributed by atoms with Gasteiger partial charge in [0.25, 0.3) is 0 Å². The molecule has 0 saturated carbocycles. The number of ketones is 1. The van der Waals surface area contributed by atoms with E-state index in [9.17, 15) is 14.7 Å². The molecular formula is C16H20O6. The van der Waals surface area contributed by atoms with Crippen molar-refractivity contribution in [1.29, 1.82) is 0 Å². The molecule has 0 heterocycles. The van der Waals surface area contributed by atoms with Gasteiger partial charge in [0.2, 0.25) is 5.75 Å². The molecule has 0 aromatic heterocycles. The molecule has 0 radical (unpaired) electrons. The number of benzene rings is 1. The second-order valence-corrected chi connectivity index (χ2v) is 4.88. The Labute approximate surface area is 129 Å². The molecule has 0 amide bonds. The molecule has 0 aliphatic carbocycles. The molecule has 0 bridgehead atoms. The summed E-state index contributed by atoms with van der Waals surface area (Å²) in [5.74, 6) is -0.580. The van der Waals surface area contributed by atoms with Crippen LogP contribution in [-0.4, -0.2) is 36.7 Å². The fraction of sp³-hybridized carbons (Fsp3) is 0.375. The lowest BCUT2D eigenvalue weighted by Crippen LogP contribution is -2.08. The zero-order chi connectivity index (χ0) is 16.7. The molecule has 0 atom stereocenters. The molecule has 0 aliphatic heterocycles. The lowest BCUT2D eigenvalue weighted by Gasteiger charge is -2.11. The van der Waals surface area contributed by atoms with Crippen LogP contribution < -0.4 is 9.47 Å². The van der Waals surface area contributed by atoms with Crippen molar-refractivity contribution < 1.29 is 28.9 Å². The number of phenols is 1. The average molecular weight is 308 g/mol. The van der Waals surface area contributed by atoms with Crippen molar-refractivity contribution in [1.82, 2.24) is 0 Å². The van der Waals surface area contributed by atoms with E-state index in [1.54, 1.807) is 13.8 Å². The van der Waals surface area contributed by atoms with Gasteiger partial charge in [-0.1, -0.05) is 0 Å². The Morgan fingerprint density at radius 3 is 2.45 bits per heavy atom. The van der Waals surface area contributed by atoms with Crippen LogP contribution in [0.2, 0.25) is 0 Å². The molecule has 6 heteroatoms. The van der Waals surface area contributed by atoms with Crippen LogP contribution in [0.4, 0.5) is 0 Å². The lowest BCUT2D eigenvalue weighted by molar-refractivity contribution is -0.141. The Balaban J connectivity index is 2.99. The van der Waals surface area contributed by atoms with Gasteiger partial charge >= 0.3 is 5.97 Å². The molecule has 1 N–H and O–H groups in total. The van der Waals surface area contributed by atoms with Gasteiger partial charge in [-0.3, -0.25) is 4.79 Å². The minimum atomic E-state index is -0.478. The SMILES string of the molecule is COc1cc(/C=C/C(=O)OC(C)C)cc(OCC(C)=O)c1O. The maximum Gasteiger partial charge on any atom is 0.331 e. The first-order valence-electron chi connectivity index (χ1n) is 6.75. The quantitative estimate of drug-likeness (QED) is 0.615. The molecule has 0 aliphatic rings. The number of methoxy groups -OCH3 is 1. The Morgan fingerprint density at radius 1 is 1.27 bits per heavy atom. The van der Waals surface area contributed by atoms with Gasteiger partial charge < -0.3 is 19.3 Å². The fourth-order valence-corrected chi connectivity index (χ4v) is 1.58. The van der Waals surface area contributed by atoms with Gasteiger partial charge in [0.1, 0.15) is 6.61 Å². The fourth-order valence-electron chi connectivity index (χ4n) is 1.58. The normalized spacial score (nSPS) is 10.8. The van der Waals surface area contributed by atoms with Gasteiger partial charge in [-0.05, 0) is 44.5 Å². The van der Waals surface area contributed by atoms with E-state index < -0.39 is 5.97 Å². The first-order chi connectivity index (χ1) is 10.3. The predicted octanol–water partition coefficient (Wildman–Crippen LogP) is 2.33. The number of esters is 1. The van der Waals surface area contributed by atoms with Gasteiger partial charge in [0.15, 0.2) is 17.3 Å². The Kier molecular flexibility index (Phi) is 6.44. The molecule has 0 fully saturated rings. The van der Waals surface area contributed by atoms with E-state index >= 15 is 0 Å². The van der Waals surface area contributed by atoms with Gasteiger partial charge in [0, 0.05) is 6.08 Å². The summed E-state index contributed by atoms with van der Waals surface area (Å²) in [5.41, 5.74) is 0.564. The second-order valence-electron chi connectivity index (χ2n) is 4.88. The van der Waals surface area contributed by atoms with Gasteiger partial charge in [-0.25, -0.2) is 4.79 Å². The van der Waals surface area contributed by atoms with E-state index in [2.05, 4.69) is 0 Å². The van der Waals surface area contributed by atoms with E-state index in [4.69, 9.17) is 14.2 Å². The molecular weight excluding hydrogens is 288 g/mol. The van der Waals surface area contributed by atoms with Crippen molar-refractivity contribution in [3.63, 3.8) is 0 Å². The number of carbonyl (C=O) groups excluding carboxylic acids is 2. The number of carbonyl (C=O) groups is 2. The number of hydrogen-bond acceptors (Lipinski definition) is 6. The molecule has 0 saturated heterocycles. The summed E-state index contributed by atoms with van der Waals surface area (Å²) in [4.78, 5) is 22.5. The molecule has 6 nitrogen and oxygen atoms in total. The summed E-state index contributed by atoms with van der Waals surface area (Å²) in [5, 5.41) is 9.95. The van der Waals surface area contributed by atoms with E-state index in [0.717, 1.165) is 0 Å². The minimum absolute atomic E-state index is 0.103. The predicted molar refractivity (Wildman–Crippen MR) is 81.1 cm³/mol. The number of phenolic OH excluding ortho intramolecular Hbond substituents is 1. The maximum absolute atomic E-state index is 11.5. The molecule has 1 aromatic carbocycles. The number of hydrogen-bond donors (Lipinski definition) is 1. The van der Waals surface area contributed by atoms with Crippen LogP contribution in [0.25, 0.3) is 6.08 Å². The summed E-state index contributed by atoms with van der Waals surface area (Å²) >= 11 is 0. The minimum Gasteiger partial charge on any atom is -0.502 e. The van der Waals surface area contributed by atoms with Crippen LogP contribution in [0.3, 0.4) is 0 Å². The zero-order valence-corrected chi connectivity index (χ0v) is 13.1. The monoisotopic (exact) mass is 308 g/mol. The highest BCUT2D eigenvalue weighted by Crippen LogP contribution is 2.37. The van der Waals surface area contributed by atoms with E-state index in [1.807, 2.05) is 0 Å². The van der Waals surface area contributed by atoms with Gasteiger partial charge in [0.05, 0.1) is 13.2 Å². The first kappa shape index (κ1) is 17.6. The van der Waals surface area contributed by atoms with Gasteiger partial charge in [-0.15, -0.1) is 0 Å². The van der Waals surface area contributed by atoms with E-state index in [1.165, 1.54) is 38.3 Å². The van der Waals surface area contributed by atoms with Crippen LogP contribution >= 0.6 is 0 Å². The summed E-state index contributed by atoms with van der Waals surface area (Å²) in [7, 11) is 1.39. The molecule has 120 valence electrons. The van der Waals surface area contributed by atoms with E-state index in [0.29, 0.717) is 5.56 Å². The third kappa shape index (κ3) is 5.47. The number of rotatable bonds is 7. The van der Waals surface area contributed by atoms with Crippen molar-refractivity contribution in [2.45, 2.75) is 26.9 Å². The Bertz CT molecular complexity index is 574. The highest BCUT2D eigenvalue weighted by atomic mass is 16.5. The van der Waals surface area contributed by atoms with Crippen LogP contribution in [-0.2, 0) is 14.3 Å². The molecule has 22 heavy (non-hydrogen) atoms. The van der Waals surface area contributed by atoms with Crippen molar-refractivity contribution in [2.75, 3.05) is 13.7 Å². The first-order valence-corrected chi connectivity index (χ1v) is 6.75. The van der Waals surface area contributed by atoms with Crippen molar-refractivity contribution in [3.8, 4) is 17.2 Å². The molecule has 0 unspecified atom stereocenters.